The summed E-state index contributed by atoms with van der Waals surface area (Å²) in [5.74, 6) is -0.375. The van der Waals surface area contributed by atoms with Gasteiger partial charge in [0.25, 0.3) is 0 Å². The van der Waals surface area contributed by atoms with E-state index in [9.17, 15) is 8.42 Å². The highest BCUT2D eigenvalue weighted by Gasteiger charge is 2.38. The average Bonchev–Trinajstić information content (AvgIpc) is 3.19. The van der Waals surface area contributed by atoms with Crippen molar-refractivity contribution in [1.82, 2.24) is 28.7 Å². The van der Waals surface area contributed by atoms with Crippen molar-refractivity contribution in [1.29, 1.82) is 0 Å². The second-order valence-corrected chi connectivity index (χ2v) is 8.91. The normalized spacial score (nSPS) is 21.8. The van der Waals surface area contributed by atoms with Crippen LogP contribution in [-0.2, 0) is 17.1 Å². The fraction of sp³-hybridized carbons (Fsp3) is 0.471. The first-order chi connectivity index (χ1) is 12.8. The number of fused-ring (bicyclic) bond motifs is 1. The second kappa shape index (κ2) is 6.38. The highest BCUT2D eigenvalue weighted by molar-refractivity contribution is 7.89. The first-order valence-electron chi connectivity index (χ1n) is 8.71. The maximum atomic E-state index is 15.1. The number of alkyl halides is 1. The monoisotopic (exact) mass is 392 g/mol. The molecule has 4 heterocycles. The Labute approximate surface area is 156 Å². The number of hydrogen-bond donors (Lipinski definition) is 0. The van der Waals surface area contributed by atoms with E-state index in [1.165, 1.54) is 21.5 Å². The Balaban J connectivity index is 1.60. The molecule has 0 aromatic carbocycles. The van der Waals surface area contributed by atoms with Crippen molar-refractivity contribution < 1.29 is 12.8 Å². The molecule has 0 spiro atoms. The molecule has 1 aliphatic rings. The van der Waals surface area contributed by atoms with Crippen LogP contribution in [0, 0.1) is 13.8 Å². The number of aryl methyl sites for hydroxylation is 3. The molecule has 3 aromatic heterocycles. The molecule has 0 radical (unpaired) electrons. The molecule has 0 bridgehead atoms. The lowest BCUT2D eigenvalue weighted by Crippen LogP contribution is -2.44. The van der Waals surface area contributed by atoms with E-state index < -0.39 is 16.2 Å². The van der Waals surface area contributed by atoms with Crippen LogP contribution in [0.1, 0.15) is 29.2 Å². The van der Waals surface area contributed by atoms with Gasteiger partial charge in [-0.2, -0.15) is 14.5 Å². The van der Waals surface area contributed by atoms with Gasteiger partial charge < -0.3 is 0 Å². The third kappa shape index (κ3) is 3.02. The summed E-state index contributed by atoms with van der Waals surface area (Å²) in [6, 6.07) is 1.87. The van der Waals surface area contributed by atoms with Crippen LogP contribution in [0.4, 0.5) is 4.39 Å². The molecule has 0 N–H and O–H groups in total. The van der Waals surface area contributed by atoms with Crippen LogP contribution in [0.2, 0.25) is 0 Å². The predicted octanol–water partition coefficient (Wildman–Crippen LogP) is 1.60. The highest BCUT2D eigenvalue weighted by Crippen LogP contribution is 2.35. The number of rotatable bonds is 3. The zero-order valence-electron chi connectivity index (χ0n) is 15.4. The number of nitrogens with zero attached hydrogens (tertiary/aromatic N) is 6. The number of pyridine rings is 1. The Hall–Kier alpha value is -2.33. The minimum Gasteiger partial charge on any atom is -0.274 e. The summed E-state index contributed by atoms with van der Waals surface area (Å²) in [4.78, 5) is 4.27. The Morgan fingerprint density at radius 2 is 2.04 bits per heavy atom. The Kier molecular flexibility index (Phi) is 4.26. The molecule has 0 saturated carbocycles. The van der Waals surface area contributed by atoms with Crippen LogP contribution >= 0.6 is 0 Å². The van der Waals surface area contributed by atoms with E-state index in [1.807, 2.05) is 13.0 Å². The van der Waals surface area contributed by atoms with E-state index in [-0.39, 0.29) is 23.9 Å². The molecule has 27 heavy (non-hydrogen) atoms. The lowest BCUT2D eigenvalue weighted by molar-refractivity contribution is 0.174. The summed E-state index contributed by atoms with van der Waals surface area (Å²) in [5, 5.41) is 8.20. The van der Waals surface area contributed by atoms with Gasteiger partial charge in [-0.3, -0.25) is 4.68 Å². The summed E-state index contributed by atoms with van der Waals surface area (Å²) in [6.07, 6.45) is 3.82. The molecule has 10 heteroatoms. The van der Waals surface area contributed by atoms with Gasteiger partial charge in [0.15, 0.2) is 5.65 Å². The van der Waals surface area contributed by atoms with Crippen LogP contribution in [0.5, 0.6) is 0 Å². The first-order valence-corrected chi connectivity index (χ1v) is 10.2. The molecule has 1 saturated heterocycles. The minimum atomic E-state index is -3.76. The standard InChI is InChI=1S/C17H21FN6O2S/c1-11-6-17-19-10-20-24(17)7-14(11)13-4-5-23(8-15(13)18)27(25,26)16-9-22(3)21-12(16)2/h6-7,9-10,13,15H,4-5,8H2,1-3H3/t13-,15+/m0/s1. The van der Waals surface area contributed by atoms with Gasteiger partial charge >= 0.3 is 0 Å². The number of hydrogen-bond acceptors (Lipinski definition) is 5. The molecule has 1 aliphatic heterocycles. The summed E-state index contributed by atoms with van der Waals surface area (Å²) >= 11 is 0. The summed E-state index contributed by atoms with van der Waals surface area (Å²) in [7, 11) is -2.10. The average molecular weight is 392 g/mol. The molecule has 4 rings (SSSR count). The van der Waals surface area contributed by atoms with Crippen LogP contribution in [0.25, 0.3) is 5.65 Å². The maximum Gasteiger partial charge on any atom is 0.246 e. The Morgan fingerprint density at radius 3 is 2.70 bits per heavy atom. The van der Waals surface area contributed by atoms with Crippen LogP contribution < -0.4 is 0 Å². The summed E-state index contributed by atoms with van der Waals surface area (Å²) < 4.78 is 45.2. The Bertz CT molecular complexity index is 1110. The van der Waals surface area contributed by atoms with Gasteiger partial charge in [0, 0.05) is 38.4 Å². The van der Waals surface area contributed by atoms with E-state index >= 15 is 4.39 Å². The van der Waals surface area contributed by atoms with Crippen LogP contribution in [0.15, 0.2) is 29.7 Å². The van der Waals surface area contributed by atoms with Crippen molar-refractivity contribution >= 4 is 15.7 Å². The van der Waals surface area contributed by atoms with Crippen molar-refractivity contribution in [2.75, 3.05) is 13.1 Å². The number of aromatic nitrogens is 5. The zero-order valence-corrected chi connectivity index (χ0v) is 16.2. The van der Waals surface area contributed by atoms with Crippen LogP contribution in [0.3, 0.4) is 0 Å². The molecule has 144 valence electrons. The van der Waals surface area contributed by atoms with E-state index in [2.05, 4.69) is 15.2 Å². The molecular weight excluding hydrogens is 371 g/mol. The van der Waals surface area contributed by atoms with Gasteiger partial charge in [-0.25, -0.2) is 22.3 Å². The second-order valence-electron chi connectivity index (χ2n) is 7.00. The molecule has 2 atom stereocenters. The largest absolute Gasteiger partial charge is 0.274 e. The topological polar surface area (TPSA) is 85.4 Å². The number of piperidine rings is 1. The summed E-state index contributed by atoms with van der Waals surface area (Å²) in [5.41, 5.74) is 2.90. The third-order valence-corrected chi connectivity index (χ3v) is 7.12. The van der Waals surface area contributed by atoms with Gasteiger partial charge in [0.2, 0.25) is 10.0 Å². The van der Waals surface area contributed by atoms with Gasteiger partial charge in [0.1, 0.15) is 17.4 Å². The van der Waals surface area contributed by atoms with Gasteiger partial charge in [-0.1, -0.05) is 0 Å². The molecule has 3 aromatic rings. The molecule has 0 aliphatic carbocycles. The highest BCUT2D eigenvalue weighted by atomic mass is 32.2. The lowest BCUT2D eigenvalue weighted by atomic mass is 9.87. The van der Waals surface area contributed by atoms with Gasteiger partial charge in [-0.15, -0.1) is 0 Å². The fourth-order valence-corrected chi connectivity index (χ4v) is 5.44. The first kappa shape index (κ1) is 18.1. The lowest BCUT2D eigenvalue weighted by Gasteiger charge is -2.34. The summed E-state index contributed by atoms with van der Waals surface area (Å²) in [6.45, 7) is 3.65. The van der Waals surface area contributed by atoms with Crippen molar-refractivity contribution in [3.05, 3.63) is 41.6 Å². The maximum absolute atomic E-state index is 15.1. The van der Waals surface area contributed by atoms with Gasteiger partial charge in [-0.05, 0) is 37.5 Å². The smallest absolute Gasteiger partial charge is 0.246 e. The molecule has 0 amide bonds. The van der Waals surface area contributed by atoms with Crippen molar-refractivity contribution in [3.63, 3.8) is 0 Å². The SMILES string of the molecule is Cc1cc2ncnn2cc1[C@@H]1CCN(S(=O)(=O)c2cn(C)nc2C)C[C@H]1F. The molecule has 0 unspecified atom stereocenters. The van der Waals surface area contributed by atoms with Crippen molar-refractivity contribution in [2.24, 2.45) is 7.05 Å². The molecule has 8 nitrogen and oxygen atoms in total. The Morgan fingerprint density at radius 1 is 1.26 bits per heavy atom. The number of halogens is 1. The van der Waals surface area contributed by atoms with E-state index in [0.717, 1.165) is 11.1 Å². The molecular formula is C17H21FN6O2S. The van der Waals surface area contributed by atoms with Gasteiger partial charge in [0.05, 0.1) is 5.69 Å². The minimum absolute atomic E-state index is 0.135. The molecule has 1 fully saturated rings. The van der Waals surface area contributed by atoms with E-state index in [4.69, 9.17) is 0 Å². The van der Waals surface area contributed by atoms with E-state index in [1.54, 1.807) is 24.7 Å². The third-order valence-electron chi connectivity index (χ3n) is 5.15. The number of sulfonamides is 1. The predicted molar refractivity (Wildman–Crippen MR) is 96.7 cm³/mol. The zero-order chi connectivity index (χ0) is 19.3. The quantitative estimate of drug-likeness (QED) is 0.676. The van der Waals surface area contributed by atoms with Crippen molar-refractivity contribution in [2.45, 2.75) is 37.3 Å². The van der Waals surface area contributed by atoms with E-state index in [0.29, 0.717) is 17.8 Å². The van der Waals surface area contributed by atoms with Crippen LogP contribution in [-0.4, -0.2) is 56.4 Å². The van der Waals surface area contributed by atoms with Crippen molar-refractivity contribution in [3.8, 4) is 0 Å². The fourth-order valence-electron chi connectivity index (χ4n) is 3.78.